The second-order valence-electron chi connectivity index (χ2n) is 4.02. The van der Waals surface area contributed by atoms with E-state index in [0.29, 0.717) is 6.42 Å². The number of sulfonamides is 1. The molecule has 1 aromatic carbocycles. The number of hydrogen-bond acceptors (Lipinski definition) is 5. The van der Waals surface area contributed by atoms with Crippen molar-refractivity contribution in [2.75, 3.05) is 18.8 Å². The number of anilines is 1. The van der Waals surface area contributed by atoms with Crippen LogP contribution in [0.15, 0.2) is 23.1 Å². The zero-order chi connectivity index (χ0) is 15.3. The van der Waals surface area contributed by atoms with E-state index in [4.69, 9.17) is 12.2 Å². The van der Waals surface area contributed by atoms with E-state index < -0.39 is 20.6 Å². The minimum absolute atomic E-state index is 0.0889. The highest BCUT2D eigenvalue weighted by atomic mass is 32.2. The van der Waals surface area contributed by atoms with Gasteiger partial charge in [0.2, 0.25) is 10.0 Å². The summed E-state index contributed by atoms with van der Waals surface area (Å²) < 4.78 is 25.8. The van der Waals surface area contributed by atoms with Gasteiger partial charge in [-0.05, 0) is 18.6 Å². The van der Waals surface area contributed by atoms with Crippen LogP contribution < -0.4 is 5.73 Å². The van der Waals surface area contributed by atoms with Gasteiger partial charge in [0.05, 0.1) is 16.4 Å². The van der Waals surface area contributed by atoms with Crippen LogP contribution in [0.25, 0.3) is 0 Å². The van der Waals surface area contributed by atoms with Gasteiger partial charge >= 0.3 is 0 Å². The molecule has 0 radical (unpaired) electrons. The third kappa shape index (κ3) is 3.26. The van der Waals surface area contributed by atoms with Crippen molar-refractivity contribution in [2.24, 2.45) is 0 Å². The number of nitrogens with zero attached hydrogens (tertiary/aromatic N) is 2. The van der Waals surface area contributed by atoms with Gasteiger partial charge in [-0.15, -0.1) is 6.42 Å². The largest absolute Gasteiger partial charge is 0.393 e. The van der Waals surface area contributed by atoms with E-state index in [0.717, 1.165) is 10.4 Å². The Kier molecular flexibility index (Phi) is 5.07. The van der Waals surface area contributed by atoms with E-state index in [1.807, 2.05) is 6.92 Å². The van der Waals surface area contributed by atoms with Crippen molar-refractivity contribution >= 4 is 21.4 Å². The second-order valence-corrected chi connectivity index (χ2v) is 5.96. The molecule has 8 heteroatoms. The van der Waals surface area contributed by atoms with Crippen LogP contribution in [0.3, 0.4) is 0 Å². The van der Waals surface area contributed by atoms with E-state index in [2.05, 4.69) is 5.92 Å². The molecule has 2 N–H and O–H groups in total. The molecule has 0 spiro atoms. The average Bonchev–Trinajstić information content (AvgIpc) is 2.38. The van der Waals surface area contributed by atoms with Crippen LogP contribution in [0.1, 0.15) is 13.3 Å². The molecule has 1 rings (SSSR count). The van der Waals surface area contributed by atoms with Gasteiger partial charge in [-0.2, -0.15) is 4.31 Å². The summed E-state index contributed by atoms with van der Waals surface area (Å²) in [7, 11) is -3.87. The van der Waals surface area contributed by atoms with Crippen LogP contribution in [0.4, 0.5) is 11.4 Å². The molecule has 0 saturated carbocycles. The Labute approximate surface area is 117 Å². The van der Waals surface area contributed by atoms with E-state index in [1.165, 1.54) is 12.1 Å². The topological polar surface area (TPSA) is 107 Å². The summed E-state index contributed by atoms with van der Waals surface area (Å²) >= 11 is 0. The van der Waals surface area contributed by atoms with Gasteiger partial charge in [-0.1, -0.05) is 12.8 Å². The Morgan fingerprint density at radius 2 is 2.15 bits per heavy atom. The molecular formula is C12H15N3O4S. The van der Waals surface area contributed by atoms with Gasteiger partial charge in [-0.3, -0.25) is 10.1 Å². The van der Waals surface area contributed by atoms with Crippen LogP contribution >= 0.6 is 0 Å². The molecule has 0 atom stereocenters. The number of rotatable bonds is 6. The van der Waals surface area contributed by atoms with Crippen molar-refractivity contribution in [3.63, 3.8) is 0 Å². The SMILES string of the molecule is C#CCN(CCC)S(=O)(=O)c1ccc(N)c([N+](=O)[O-])c1. The minimum atomic E-state index is -3.87. The molecule has 0 aromatic heterocycles. The molecule has 1 aromatic rings. The second kappa shape index (κ2) is 6.36. The molecule has 0 fully saturated rings. The first-order valence-electron chi connectivity index (χ1n) is 5.82. The molecule has 7 nitrogen and oxygen atoms in total. The first-order valence-corrected chi connectivity index (χ1v) is 7.26. The van der Waals surface area contributed by atoms with Gasteiger partial charge in [0.25, 0.3) is 5.69 Å². The Bertz CT molecular complexity index is 649. The lowest BCUT2D eigenvalue weighted by atomic mass is 10.3. The molecule has 0 unspecified atom stereocenters. The highest BCUT2D eigenvalue weighted by Gasteiger charge is 2.26. The summed E-state index contributed by atoms with van der Waals surface area (Å²) in [5.41, 5.74) is 4.91. The van der Waals surface area contributed by atoms with E-state index in [1.54, 1.807) is 0 Å². The van der Waals surface area contributed by atoms with Crippen LogP contribution in [-0.4, -0.2) is 30.7 Å². The molecular weight excluding hydrogens is 282 g/mol. The number of nitro benzene ring substituents is 1. The Morgan fingerprint density at radius 3 is 2.65 bits per heavy atom. The van der Waals surface area contributed by atoms with Crippen LogP contribution in [-0.2, 0) is 10.0 Å². The standard InChI is InChI=1S/C12H15N3O4S/c1-3-7-14(8-4-2)20(18,19)10-5-6-11(13)12(9-10)15(16)17/h1,5-6,9H,4,7-8,13H2,2H3. The Balaban J connectivity index is 3.31. The van der Waals surface area contributed by atoms with Crippen molar-refractivity contribution in [1.29, 1.82) is 0 Å². The molecule has 0 saturated heterocycles. The fourth-order valence-corrected chi connectivity index (χ4v) is 3.09. The monoisotopic (exact) mass is 297 g/mol. The maximum absolute atomic E-state index is 12.4. The molecule has 0 bridgehead atoms. The summed E-state index contributed by atoms with van der Waals surface area (Å²) in [4.78, 5) is 9.89. The van der Waals surface area contributed by atoms with E-state index >= 15 is 0 Å². The molecule has 0 aliphatic rings. The van der Waals surface area contributed by atoms with Gasteiger partial charge < -0.3 is 5.73 Å². The van der Waals surface area contributed by atoms with Crippen molar-refractivity contribution in [3.05, 3.63) is 28.3 Å². The maximum Gasteiger partial charge on any atom is 0.293 e. The van der Waals surface area contributed by atoms with E-state index in [-0.39, 0.29) is 23.7 Å². The highest BCUT2D eigenvalue weighted by Crippen LogP contribution is 2.26. The van der Waals surface area contributed by atoms with Crippen molar-refractivity contribution in [1.82, 2.24) is 4.31 Å². The van der Waals surface area contributed by atoms with Gasteiger partial charge in [0.15, 0.2) is 0 Å². The number of nitrogen functional groups attached to an aromatic ring is 1. The Hall–Kier alpha value is -2.11. The molecule has 0 heterocycles. The Morgan fingerprint density at radius 1 is 1.50 bits per heavy atom. The lowest BCUT2D eigenvalue weighted by Crippen LogP contribution is -2.32. The molecule has 0 amide bonds. The molecule has 108 valence electrons. The third-order valence-corrected chi connectivity index (χ3v) is 4.42. The summed E-state index contributed by atoms with van der Waals surface area (Å²) in [5, 5.41) is 10.8. The van der Waals surface area contributed by atoms with Gasteiger partial charge in [0, 0.05) is 12.6 Å². The van der Waals surface area contributed by atoms with Gasteiger partial charge in [-0.25, -0.2) is 8.42 Å². The molecule has 0 aliphatic carbocycles. The summed E-state index contributed by atoms with van der Waals surface area (Å²) in [6.45, 7) is 1.96. The third-order valence-electron chi connectivity index (χ3n) is 2.58. The fraction of sp³-hybridized carbons (Fsp3) is 0.333. The number of benzene rings is 1. The fourth-order valence-electron chi connectivity index (χ4n) is 1.63. The zero-order valence-corrected chi connectivity index (χ0v) is 11.8. The normalized spacial score (nSPS) is 11.2. The summed E-state index contributed by atoms with van der Waals surface area (Å²) in [5.74, 6) is 2.27. The lowest BCUT2D eigenvalue weighted by molar-refractivity contribution is -0.384. The molecule has 0 aliphatic heterocycles. The smallest absolute Gasteiger partial charge is 0.293 e. The summed E-state index contributed by atoms with van der Waals surface area (Å²) in [6.07, 6.45) is 5.73. The van der Waals surface area contributed by atoms with Crippen LogP contribution in [0.5, 0.6) is 0 Å². The average molecular weight is 297 g/mol. The first kappa shape index (κ1) is 15.9. The predicted molar refractivity (Wildman–Crippen MR) is 75.4 cm³/mol. The van der Waals surface area contributed by atoms with Gasteiger partial charge in [0.1, 0.15) is 5.69 Å². The molecule has 20 heavy (non-hydrogen) atoms. The number of terminal acetylenes is 1. The van der Waals surface area contributed by atoms with Crippen molar-refractivity contribution < 1.29 is 13.3 Å². The quantitative estimate of drug-likeness (QED) is 0.367. The number of nitro groups is 1. The lowest BCUT2D eigenvalue weighted by Gasteiger charge is -2.19. The van der Waals surface area contributed by atoms with Crippen molar-refractivity contribution in [2.45, 2.75) is 18.2 Å². The number of hydrogen-bond donors (Lipinski definition) is 1. The number of nitrogens with two attached hydrogens (primary N) is 1. The maximum atomic E-state index is 12.4. The van der Waals surface area contributed by atoms with Crippen molar-refractivity contribution in [3.8, 4) is 12.3 Å². The first-order chi connectivity index (χ1) is 9.34. The zero-order valence-electron chi connectivity index (χ0n) is 10.9. The van der Waals surface area contributed by atoms with Crippen LogP contribution in [0, 0.1) is 22.5 Å². The highest BCUT2D eigenvalue weighted by molar-refractivity contribution is 7.89. The minimum Gasteiger partial charge on any atom is -0.393 e. The predicted octanol–water partition coefficient (Wildman–Crippen LogP) is 1.21. The van der Waals surface area contributed by atoms with Crippen LogP contribution in [0.2, 0.25) is 0 Å². The summed E-state index contributed by atoms with van der Waals surface area (Å²) in [6, 6.07) is 3.38. The van der Waals surface area contributed by atoms with E-state index in [9.17, 15) is 18.5 Å².